The lowest BCUT2D eigenvalue weighted by Crippen LogP contribution is -1.99. The average molecular weight is 350 g/mol. The molecule has 0 atom stereocenters. The van der Waals surface area contributed by atoms with Gasteiger partial charge in [0.15, 0.2) is 0 Å². The topological polar surface area (TPSA) is 4.93 Å². The normalized spacial score (nSPS) is 11.4. The predicted molar refractivity (Wildman–Crippen MR) is 98.0 cm³/mol. The van der Waals surface area contributed by atoms with Crippen molar-refractivity contribution in [3.63, 3.8) is 0 Å². The van der Waals surface area contributed by atoms with Gasteiger partial charge in [-0.05, 0) is 49.2 Å². The number of hydrogen-bond acceptors (Lipinski definition) is 0. The monoisotopic (exact) mass is 349 g/mol. The van der Waals surface area contributed by atoms with Gasteiger partial charge in [-0.2, -0.15) is 0 Å². The minimum Gasteiger partial charge on any atom is -0.309 e. The number of benzene rings is 3. The molecule has 0 aliphatic rings. The quantitative estimate of drug-likeness (QED) is 0.387. The first-order chi connectivity index (χ1) is 10.7. The van der Waals surface area contributed by atoms with Gasteiger partial charge in [-0.25, -0.2) is 0 Å². The van der Waals surface area contributed by atoms with Crippen molar-refractivity contribution in [1.29, 1.82) is 0 Å². The molecule has 3 aromatic carbocycles. The number of para-hydroxylation sites is 2. The summed E-state index contributed by atoms with van der Waals surface area (Å²) in [5, 5.41) is 2.61. The van der Waals surface area contributed by atoms with Crippen LogP contribution in [0.15, 0.2) is 65.1 Å². The van der Waals surface area contributed by atoms with Crippen LogP contribution in [0.3, 0.4) is 0 Å². The van der Waals surface area contributed by atoms with E-state index in [1.54, 1.807) is 0 Å². The van der Waals surface area contributed by atoms with E-state index in [0.29, 0.717) is 0 Å². The van der Waals surface area contributed by atoms with Crippen LogP contribution in [0.25, 0.3) is 27.5 Å². The van der Waals surface area contributed by atoms with Crippen molar-refractivity contribution in [2.75, 3.05) is 0 Å². The van der Waals surface area contributed by atoms with E-state index < -0.39 is 0 Å². The Bertz CT molecular complexity index is 958. The molecule has 1 heterocycles. The lowest BCUT2D eigenvalue weighted by atomic mass is 10.1. The average Bonchev–Trinajstić information content (AvgIpc) is 2.88. The summed E-state index contributed by atoms with van der Waals surface area (Å²) in [4.78, 5) is 0. The third kappa shape index (κ3) is 1.84. The first-order valence-corrected chi connectivity index (χ1v) is 8.22. The maximum atomic E-state index is 3.63. The number of halogens is 1. The molecule has 0 saturated heterocycles. The van der Waals surface area contributed by atoms with E-state index in [-0.39, 0.29) is 0 Å². The van der Waals surface area contributed by atoms with Crippen molar-refractivity contribution in [2.45, 2.75) is 13.8 Å². The molecule has 0 saturated carbocycles. The summed E-state index contributed by atoms with van der Waals surface area (Å²) in [5.74, 6) is 0. The summed E-state index contributed by atoms with van der Waals surface area (Å²) in [7, 11) is 0. The van der Waals surface area contributed by atoms with Crippen molar-refractivity contribution in [2.24, 2.45) is 0 Å². The Morgan fingerprint density at radius 2 is 1.23 bits per heavy atom. The van der Waals surface area contributed by atoms with Gasteiger partial charge < -0.3 is 4.57 Å². The zero-order chi connectivity index (χ0) is 15.3. The Labute approximate surface area is 138 Å². The highest BCUT2D eigenvalue weighted by molar-refractivity contribution is 9.10. The highest BCUT2D eigenvalue weighted by Gasteiger charge is 2.14. The highest BCUT2D eigenvalue weighted by atomic mass is 79.9. The largest absolute Gasteiger partial charge is 0.309 e. The minimum atomic E-state index is 1.16. The van der Waals surface area contributed by atoms with Crippen LogP contribution in [0.5, 0.6) is 0 Å². The van der Waals surface area contributed by atoms with Crippen LogP contribution >= 0.6 is 15.9 Å². The van der Waals surface area contributed by atoms with Gasteiger partial charge in [0.1, 0.15) is 0 Å². The predicted octanol–water partition coefficient (Wildman–Crippen LogP) is 6.16. The maximum absolute atomic E-state index is 3.63. The zero-order valence-electron chi connectivity index (χ0n) is 12.6. The number of nitrogens with zero attached hydrogens (tertiary/aromatic N) is 1. The number of hydrogen-bond donors (Lipinski definition) is 0. The van der Waals surface area contributed by atoms with Crippen LogP contribution in [0.2, 0.25) is 0 Å². The molecule has 2 heteroatoms. The molecule has 0 fully saturated rings. The smallest absolute Gasteiger partial charge is 0.0541 e. The van der Waals surface area contributed by atoms with Crippen molar-refractivity contribution < 1.29 is 0 Å². The Morgan fingerprint density at radius 1 is 0.682 bits per heavy atom. The van der Waals surface area contributed by atoms with Crippen LogP contribution in [0.4, 0.5) is 0 Å². The van der Waals surface area contributed by atoms with Gasteiger partial charge in [0, 0.05) is 20.9 Å². The van der Waals surface area contributed by atoms with Crippen molar-refractivity contribution >= 4 is 37.7 Å². The third-order valence-electron chi connectivity index (χ3n) is 4.51. The molecule has 0 radical (unpaired) electrons. The molecule has 1 aromatic heterocycles. The second kappa shape index (κ2) is 4.99. The summed E-state index contributed by atoms with van der Waals surface area (Å²) >= 11 is 3.63. The van der Waals surface area contributed by atoms with E-state index in [9.17, 15) is 0 Å². The third-order valence-corrected chi connectivity index (χ3v) is 5.37. The molecule has 108 valence electrons. The van der Waals surface area contributed by atoms with E-state index in [2.05, 4.69) is 95.0 Å². The van der Waals surface area contributed by atoms with Gasteiger partial charge in [-0.3, -0.25) is 0 Å². The molecule has 0 aliphatic carbocycles. The lowest BCUT2D eigenvalue weighted by Gasteiger charge is -2.14. The molecule has 4 aromatic rings. The van der Waals surface area contributed by atoms with Gasteiger partial charge in [0.2, 0.25) is 0 Å². The Morgan fingerprint density at radius 3 is 1.82 bits per heavy atom. The van der Waals surface area contributed by atoms with E-state index >= 15 is 0 Å². The fourth-order valence-electron chi connectivity index (χ4n) is 3.20. The van der Waals surface area contributed by atoms with E-state index in [4.69, 9.17) is 0 Å². The molecule has 0 spiro atoms. The fourth-order valence-corrected chi connectivity index (χ4v) is 3.63. The van der Waals surface area contributed by atoms with Gasteiger partial charge >= 0.3 is 0 Å². The number of rotatable bonds is 1. The SMILES string of the molecule is Cc1c(Br)ccc(-n2c3ccccc3c3ccccc32)c1C. The molecule has 0 N–H and O–H groups in total. The lowest BCUT2D eigenvalue weighted by molar-refractivity contribution is 1.13. The van der Waals surface area contributed by atoms with Gasteiger partial charge in [-0.15, -0.1) is 0 Å². The van der Waals surface area contributed by atoms with Crippen molar-refractivity contribution in [3.8, 4) is 5.69 Å². The molecular weight excluding hydrogens is 334 g/mol. The Balaban J connectivity index is 2.20. The van der Waals surface area contributed by atoms with E-state index in [1.165, 1.54) is 38.6 Å². The van der Waals surface area contributed by atoms with Crippen LogP contribution in [0, 0.1) is 13.8 Å². The van der Waals surface area contributed by atoms with E-state index in [0.717, 1.165) is 4.47 Å². The maximum Gasteiger partial charge on any atom is 0.0541 e. The summed E-state index contributed by atoms with van der Waals surface area (Å²) in [6.07, 6.45) is 0. The Kier molecular flexibility index (Phi) is 3.08. The summed E-state index contributed by atoms with van der Waals surface area (Å²) in [6.45, 7) is 4.36. The van der Waals surface area contributed by atoms with Gasteiger partial charge in [0.05, 0.1) is 11.0 Å². The molecule has 1 nitrogen and oxygen atoms in total. The zero-order valence-corrected chi connectivity index (χ0v) is 14.2. The standard InChI is InChI=1S/C20H16BrN/c1-13-14(2)18(12-11-17(13)21)22-19-9-5-3-7-15(19)16-8-4-6-10-20(16)22/h3-12H,1-2H3. The Hall–Kier alpha value is -2.06. The van der Waals surface area contributed by atoms with Crippen LogP contribution in [-0.4, -0.2) is 4.57 Å². The molecular formula is C20H16BrN. The highest BCUT2D eigenvalue weighted by Crippen LogP contribution is 2.34. The first-order valence-electron chi connectivity index (χ1n) is 7.43. The number of aromatic nitrogens is 1. The number of fused-ring (bicyclic) bond motifs is 3. The summed E-state index contributed by atoms with van der Waals surface area (Å²) < 4.78 is 3.54. The molecule has 22 heavy (non-hydrogen) atoms. The van der Waals surface area contributed by atoms with E-state index in [1.807, 2.05) is 0 Å². The molecule has 0 aliphatic heterocycles. The fraction of sp³-hybridized carbons (Fsp3) is 0.100. The first kappa shape index (κ1) is 13.6. The summed E-state index contributed by atoms with van der Waals surface area (Å²) in [6, 6.07) is 21.6. The van der Waals surface area contributed by atoms with Crippen molar-refractivity contribution in [1.82, 2.24) is 4.57 Å². The molecule has 0 unspecified atom stereocenters. The van der Waals surface area contributed by atoms with Gasteiger partial charge in [-0.1, -0.05) is 52.3 Å². The minimum absolute atomic E-state index is 1.16. The van der Waals surface area contributed by atoms with Gasteiger partial charge in [0.25, 0.3) is 0 Å². The van der Waals surface area contributed by atoms with Crippen LogP contribution < -0.4 is 0 Å². The molecule has 0 bridgehead atoms. The molecule has 4 rings (SSSR count). The van der Waals surface area contributed by atoms with Crippen LogP contribution in [0.1, 0.15) is 11.1 Å². The van der Waals surface area contributed by atoms with Crippen molar-refractivity contribution in [3.05, 3.63) is 76.3 Å². The molecule has 0 amide bonds. The second-order valence-electron chi connectivity index (χ2n) is 5.69. The summed E-state index contributed by atoms with van der Waals surface area (Å²) in [5.41, 5.74) is 6.36. The van der Waals surface area contributed by atoms with Crippen LogP contribution in [-0.2, 0) is 0 Å². The second-order valence-corrected chi connectivity index (χ2v) is 6.54.